The Balaban J connectivity index is 2.14. The molecule has 1 N–H and O–H groups in total. The molecule has 1 heterocycles. The van der Waals surface area contributed by atoms with E-state index in [9.17, 15) is 0 Å². The van der Waals surface area contributed by atoms with E-state index in [4.69, 9.17) is 0 Å². The highest BCUT2D eigenvalue weighted by Crippen LogP contribution is 2.22. The van der Waals surface area contributed by atoms with Gasteiger partial charge in [-0.1, -0.05) is 24.3 Å². The second-order valence-corrected chi connectivity index (χ2v) is 6.14. The van der Waals surface area contributed by atoms with Crippen molar-refractivity contribution in [2.24, 2.45) is 7.05 Å². The molecule has 0 bridgehead atoms. The van der Waals surface area contributed by atoms with E-state index in [1.54, 1.807) is 0 Å². The molecule has 3 nitrogen and oxygen atoms in total. The zero-order valence-corrected chi connectivity index (χ0v) is 12.4. The van der Waals surface area contributed by atoms with Crippen molar-refractivity contribution < 1.29 is 0 Å². The Bertz CT molecular complexity index is 532. The highest BCUT2D eigenvalue weighted by atomic mass is 15.2. The average Bonchev–Trinajstić information content (AvgIpc) is 2.74. The first-order valence-corrected chi connectivity index (χ1v) is 6.72. The van der Waals surface area contributed by atoms with Gasteiger partial charge in [-0.15, -0.1) is 0 Å². The molecule has 2 aromatic rings. The summed E-state index contributed by atoms with van der Waals surface area (Å²) in [4.78, 5) is 0. The Kier molecular flexibility index (Phi) is 3.76. The van der Waals surface area contributed by atoms with Gasteiger partial charge >= 0.3 is 0 Å². The summed E-state index contributed by atoms with van der Waals surface area (Å²) in [7, 11) is 1.94. The molecule has 0 amide bonds. The first-order valence-electron chi connectivity index (χ1n) is 6.72. The molecular weight excluding hydrogens is 234 g/mol. The van der Waals surface area contributed by atoms with E-state index in [2.05, 4.69) is 62.4 Å². The topological polar surface area (TPSA) is 29.9 Å². The maximum absolute atomic E-state index is 4.20. The second-order valence-electron chi connectivity index (χ2n) is 6.14. The standard InChI is InChI=1S/C16H23N3/c1-12(18-16(2,3)4)13-6-8-14(9-7-13)15-10-17-19(5)11-15/h6-12,18H,1-5H3. The van der Waals surface area contributed by atoms with Crippen LogP contribution in [0.25, 0.3) is 11.1 Å². The molecule has 1 unspecified atom stereocenters. The zero-order chi connectivity index (χ0) is 14.0. The summed E-state index contributed by atoms with van der Waals surface area (Å²) in [6.07, 6.45) is 3.93. The molecule has 1 aromatic carbocycles. The summed E-state index contributed by atoms with van der Waals surface area (Å²) < 4.78 is 1.83. The smallest absolute Gasteiger partial charge is 0.0568 e. The normalized spacial score (nSPS) is 13.5. The Morgan fingerprint density at radius 1 is 1.11 bits per heavy atom. The molecule has 0 radical (unpaired) electrons. The van der Waals surface area contributed by atoms with E-state index in [0.717, 1.165) is 5.56 Å². The van der Waals surface area contributed by atoms with Crippen molar-refractivity contribution in [3.05, 3.63) is 42.2 Å². The Labute approximate surface area is 115 Å². The fourth-order valence-electron chi connectivity index (χ4n) is 2.27. The number of nitrogens with zero attached hydrogens (tertiary/aromatic N) is 2. The van der Waals surface area contributed by atoms with Crippen LogP contribution in [0.4, 0.5) is 0 Å². The molecule has 0 aliphatic rings. The second kappa shape index (κ2) is 5.17. The van der Waals surface area contributed by atoms with Crippen molar-refractivity contribution in [2.45, 2.75) is 39.3 Å². The van der Waals surface area contributed by atoms with Crippen LogP contribution < -0.4 is 5.32 Å². The van der Waals surface area contributed by atoms with Crippen LogP contribution in [0, 0.1) is 0 Å². The SMILES string of the molecule is CC(NC(C)(C)C)c1ccc(-c2cnn(C)c2)cc1. The number of hydrogen-bond donors (Lipinski definition) is 1. The van der Waals surface area contributed by atoms with Gasteiger partial charge in [-0.2, -0.15) is 5.10 Å². The molecule has 1 aromatic heterocycles. The lowest BCUT2D eigenvalue weighted by atomic mass is 10.0. The van der Waals surface area contributed by atoms with Gasteiger partial charge in [0.05, 0.1) is 6.20 Å². The minimum Gasteiger partial charge on any atom is -0.306 e. The predicted octanol–water partition coefficient (Wildman–Crippen LogP) is 3.54. The molecule has 0 aliphatic carbocycles. The number of aryl methyl sites for hydroxylation is 1. The zero-order valence-electron chi connectivity index (χ0n) is 12.4. The van der Waals surface area contributed by atoms with E-state index in [1.165, 1.54) is 11.1 Å². The summed E-state index contributed by atoms with van der Waals surface area (Å²) in [6, 6.07) is 9.04. The summed E-state index contributed by atoms with van der Waals surface area (Å²) in [5.74, 6) is 0. The third-order valence-corrected chi connectivity index (χ3v) is 3.10. The fourth-order valence-corrected chi connectivity index (χ4v) is 2.27. The van der Waals surface area contributed by atoms with Crippen LogP contribution in [0.15, 0.2) is 36.7 Å². The summed E-state index contributed by atoms with van der Waals surface area (Å²) in [5, 5.41) is 7.79. The van der Waals surface area contributed by atoms with Crippen molar-refractivity contribution >= 4 is 0 Å². The number of benzene rings is 1. The largest absolute Gasteiger partial charge is 0.306 e. The van der Waals surface area contributed by atoms with E-state index in [1.807, 2.05) is 24.1 Å². The summed E-state index contributed by atoms with van der Waals surface area (Å²) >= 11 is 0. The molecule has 0 spiro atoms. The van der Waals surface area contributed by atoms with Crippen molar-refractivity contribution in [1.82, 2.24) is 15.1 Å². The van der Waals surface area contributed by atoms with Crippen LogP contribution in [-0.2, 0) is 7.05 Å². The van der Waals surface area contributed by atoms with Crippen LogP contribution in [0.2, 0.25) is 0 Å². The van der Waals surface area contributed by atoms with Gasteiger partial charge in [0.1, 0.15) is 0 Å². The van der Waals surface area contributed by atoms with Crippen molar-refractivity contribution in [1.29, 1.82) is 0 Å². The molecule has 0 saturated heterocycles. The van der Waals surface area contributed by atoms with Crippen molar-refractivity contribution in [3.8, 4) is 11.1 Å². The van der Waals surface area contributed by atoms with Crippen LogP contribution in [0.5, 0.6) is 0 Å². The molecule has 0 saturated carbocycles. The van der Waals surface area contributed by atoms with Gasteiger partial charge in [-0.3, -0.25) is 4.68 Å². The third kappa shape index (κ3) is 3.67. The molecule has 102 valence electrons. The average molecular weight is 257 g/mol. The summed E-state index contributed by atoms with van der Waals surface area (Å²) in [5.41, 5.74) is 3.80. The van der Waals surface area contributed by atoms with Gasteiger partial charge in [0.2, 0.25) is 0 Å². The van der Waals surface area contributed by atoms with E-state index in [0.29, 0.717) is 6.04 Å². The maximum atomic E-state index is 4.20. The number of aromatic nitrogens is 2. The van der Waals surface area contributed by atoms with Gasteiger partial charge in [0.15, 0.2) is 0 Å². The molecule has 3 heteroatoms. The monoisotopic (exact) mass is 257 g/mol. The molecular formula is C16H23N3. The highest BCUT2D eigenvalue weighted by molar-refractivity contribution is 5.62. The molecule has 0 fully saturated rings. The number of nitrogens with one attached hydrogen (secondary N) is 1. The highest BCUT2D eigenvalue weighted by Gasteiger charge is 2.14. The first-order chi connectivity index (χ1) is 8.85. The lowest BCUT2D eigenvalue weighted by Crippen LogP contribution is -2.37. The van der Waals surface area contributed by atoms with Gasteiger partial charge in [-0.25, -0.2) is 0 Å². The van der Waals surface area contributed by atoms with Gasteiger partial charge in [0, 0.05) is 30.4 Å². The Morgan fingerprint density at radius 3 is 2.21 bits per heavy atom. The minimum absolute atomic E-state index is 0.126. The third-order valence-electron chi connectivity index (χ3n) is 3.10. The Hall–Kier alpha value is -1.61. The molecule has 1 atom stereocenters. The van der Waals surface area contributed by atoms with Crippen LogP contribution in [-0.4, -0.2) is 15.3 Å². The van der Waals surface area contributed by atoms with Crippen LogP contribution in [0.1, 0.15) is 39.3 Å². The van der Waals surface area contributed by atoms with Crippen LogP contribution in [0.3, 0.4) is 0 Å². The lowest BCUT2D eigenvalue weighted by Gasteiger charge is -2.26. The number of hydrogen-bond acceptors (Lipinski definition) is 2. The summed E-state index contributed by atoms with van der Waals surface area (Å²) in [6.45, 7) is 8.76. The molecule has 0 aliphatic heterocycles. The molecule has 2 rings (SSSR count). The predicted molar refractivity (Wildman–Crippen MR) is 79.9 cm³/mol. The maximum Gasteiger partial charge on any atom is 0.0568 e. The van der Waals surface area contributed by atoms with Crippen molar-refractivity contribution in [2.75, 3.05) is 0 Å². The van der Waals surface area contributed by atoms with Gasteiger partial charge < -0.3 is 5.32 Å². The minimum atomic E-state index is 0.126. The quantitative estimate of drug-likeness (QED) is 0.911. The van der Waals surface area contributed by atoms with Gasteiger partial charge in [-0.05, 0) is 38.8 Å². The molecule has 19 heavy (non-hydrogen) atoms. The first kappa shape index (κ1) is 13.8. The fraction of sp³-hybridized carbons (Fsp3) is 0.438. The van der Waals surface area contributed by atoms with E-state index in [-0.39, 0.29) is 5.54 Å². The number of rotatable bonds is 3. The van der Waals surface area contributed by atoms with Crippen molar-refractivity contribution in [3.63, 3.8) is 0 Å². The van der Waals surface area contributed by atoms with Crippen LogP contribution >= 0.6 is 0 Å². The van der Waals surface area contributed by atoms with Gasteiger partial charge in [0.25, 0.3) is 0 Å². The van der Waals surface area contributed by atoms with E-state index < -0.39 is 0 Å². The Morgan fingerprint density at radius 2 is 1.74 bits per heavy atom. The van der Waals surface area contributed by atoms with E-state index >= 15 is 0 Å². The lowest BCUT2D eigenvalue weighted by molar-refractivity contribution is 0.378.